The van der Waals surface area contributed by atoms with Gasteiger partial charge in [0.15, 0.2) is 16.9 Å². The number of hydrogen-bond donors (Lipinski definition) is 1. The molecule has 7 nitrogen and oxygen atoms in total. The first-order chi connectivity index (χ1) is 13.2. The molecule has 1 saturated heterocycles. The molecule has 0 aliphatic carbocycles. The molecular formula is C20H24N2O5. The quantitative estimate of drug-likeness (QED) is 0.865. The largest absolute Gasteiger partial charge is 0.493 e. The summed E-state index contributed by atoms with van der Waals surface area (Å²) < 4.78 is 24.1. The maximum absolute atomic E-state index is 12.3. The van der Waals surface area contributed by atoms with Gasteiger partial charge in [-0.05, 0) is 24.1 Å². The highest BCUT2D eigenvalue weighted by Crippen LogP contribution is 2.38. The molecule has 4 rings (SSSR count). The van der Waals surface area contributed by atoms with Crippen LogP contribution >= 0.6 is 0 Å². The fraction of sp³-hybridized carbons (Fsp3) is 0.450. The van der Waals surface area contributed by atoms with Crippen LogP contribution in [0.25, 0.3) is 11.3 Å². The van der Waals surface area contributed by atoms with Crippen LogP contribution in [0.4, 0.5) is 5.82 Å². The van der Waals surface area contributed by atoms with E-state index in [4.69, 9.17) is 18.9 Å². The molecular weight excluding hydrogens is 348 g/mol. The number of nitrogens with zero attached hydrogens (tertiary/aromatic N) is 1. The van der Waals surface area contributed by atoms with Crippen molar-refractivity contribution >= 4 is 5.82 Å². The average Bonchev–Trinajstić information content (AvgIpc) is 2.71. The van der Waals surface area contributed by atoms with E-state index in [9.17, 15) is 4.79 Å². The van der Waals surface area contributed by atoms with E-state index in [2.05, 4.69) is 9.88 Å². The molecule has 27 heavy (non-hydrogen) atoms. The van der Waals surface area contributed by atoms with Crippen LogP contribution in [0.2, 0.25) is 0 Å². The van der Waals surface area contributed by atoms with E-state index in [1.807, 2.05) is 12.1 Å². The first-order valence-corrected chi connectivity index (χ1v) is 9.13. The number of benzene rings is 1. The summed E-state index contributed by atoms with van der Waals surface area (Å²) in [7, 11) is 3.25. The van der Waals surface area contributed by atoms with Gasteiger partial charge in [-0.25, -0.2) is 0 Å². The Hall–Kier alpha value is -2.51. The van der Waals surface area contributed by atoms with Crippen molar-refractivity contribution in [3.8, 4) is 22.8 Å². The lowest BCUT2D eigenvalue weighted by atomic mass is 9.96. The van der Waals surface area contributed by atoms with Crippen LogP contribution in [-0.4, -0.2) is 51.3 Å². The molecule has 0 radical (unpaired) electrons. The third-order valence-electron chi connectivity index (χ3n) is 5.03. The van der Waals surface area contributed by atoms with Crippen LogP contribution < -0.4 is 20.2 Å². The summed E-state index contributed by atoms with van der Waals surface area (Å²) in [6, 6.07) is 7.25. The summed E-state index contributed by atoms with van der Waals surface area (Å²) in [5.74, 6) is 2.16. The summed E-state index contributed by atoms with van der Waals surface area (Å²) in [5, 5.41) is 3.37. The number of rotatable bonds is 5. The molecule has 1 unspecified atom stereocenters. The highest BCUT2D eigenvalue weighted by atomic mass is 16.6. The zero-order valence-corrected chi connectivity index (χ0v) is 15.6. The fourth-order valence-electron chi connectivity index (χ4n) is 3.68. The zero-order chi connectivity index (χ0) is 18.8. The Balaban J connectivity index is 1.69. The number of pyridine rings is 1. The predicted octanol–water partition coefficient (Wildman–Crippen LogP) is 1.92. The second kappa shape index (κ2) is 7.62. The van der Waals surface area contributed by atoms with Crippen molar-refractivity contribution in [1.82, 2.24) is 4.57 Å². The molecule has 0 spiro atoms. The van der Waals surface area contributed by atoms with Crippen LogP contribution in [0.1, 0.15) is 5.56 Å². The smallest absolute Gasteiger partial charge is 0.184 e. The van der Waals surface area contributed by atoms with Gasteiger partial charge in [-0.15, -0.1) is 0 Å². The van der Waals surface area contributed by atoms with Gasteiger partial charge in [-0.2, -0.15) is 0 Å². The number of anilines is 1. The van der Waals surface area contributed by atoms with Gasteiger partial charge >= 0.3 is 0 Å². The number of aryl methyl sites for hydroxylation is 1. The maximum Gasteiger partial charge on any atom is 0.184 e. The van der Waals surface area contributed by atoms with Crippen molar-refractivity contribution in [2.24, 2.45) is 0 Å². The number of ether oxygens (including phenoxy) is 4. The Morgan fingerprint density at radius 1 is 1.15 bits per heavy atom. The fourth-order valence-corrected chi connectivity index (χ4v) is 3.68. The van der Waals surface area contributed by atoms with E-state index in [0.717, 1.165) is 35.6 Å². The zero-order valence-electron chi connectivity index (χ0n) is 15.6. The van der Waals surface area contributed by atoms with Crippen molar-refractivity contribution < 1.29 is 18.9 Å². The van der Waals surface area contributed by atoms with Crippen LogP contribution in [-0.2, 0) is 22.4 Å². The van der Waals surface area contributed by atoms with Gasteiger partial charge in [-0.3, -0.25) is 4.79 Å². The van der Waals surface area contributed by atoms with E-state index in [-0.39, 0.29) is 11.5 Å². The Kier molecular flexibility index (Phi) is 5.05. The SMILES string of the molecule is COc1cc2c(cc1OC)-c1cc(=O)cc(NCC3COCCO3)n1CC2. The van der Waals surface area contributed by atoms with E-state index < -0.39 is 0 Å². The van der Waals surface area contributed by atoms with Gasteiger partial charge < -0.3 is 28.8 Å². The number of methoxy groups -OCH3 is 2. The number of nitrogens with one attached hydrogen (secondary N) is 1. The van der Waals surface area contributed by atoms with Crippen molar-refractivity contribution in [1.29, 1.82) is 0 Å². The normalized spacial score (nSPS) is 18.4. The summed E-state index contributed by atoms with van der Waals surface area (Å²) in [5.41, 5.74) is 2.99. The summed E-state index contributed by atoms with van der Waals surface area (Å²) in [6.45, 7) is 3.19. The lowest BCUT2D eigenvalue weighted by molar-refractivity contribution is -0.0819. The van der Waals surface area contributed by atoms with Crippen LogP contribution in [0.5, 0.6) is 11.5 Å². The molecule has 2 aromatic rings. The highest BCUT2D eigenvalue weighted by molar-refractivity contribution is 5.71. The molecule has 1 aromatic carbocycles. The van der Waals surface area contributed by atoms with Crippen LogP contribution in [0.15, 0.2) is 29.1 Å². The van der Waals surface area contributed by atoms with Crippen molar-refractivity contribution in [2.75, 3.05) is 45.9 Å². The van der Waals surface area contributed by atoms with Crippen LogP contribution in [0, 0.1) is 0 Å². The number of aromatic nitrogens is 1. The van der Waals surface area contributed by atoms with Gasteiger partial charge in [0.25, 0.3) is 0 Å². The molecule has 1 N–H and O–H groups in total. The Bertz CT molecular complexity index is 887. The summed E-state index contributed by atoms with van der Waals surface area (Å²) >= 11 is 0. The third-order valence-corrected chi connectivity index (χ3v) is 5.03. The van der Waals surface area contributed by atoms with Crippen molar-refractivity contribution in [3.05, 3.63) is 40.1 Å². The van der Waals surface area contributed by atoms with Gasteiger partial charge in [-0.1, -0.05) is 0 Å². The van der Waals surface area contributed by atoms with Gasteiger partial charge in [0.1, 0.15) is 5.82 Å². The van der Waals surface area contributed by atoms with Crippen molar-refractivity contribution in [3.63, 3.8) is 0 Å². The number of fused-ring (bicyclic) bond motifs is 3. The Morgan fingerprint density at radius 2 is 1.96 bits per heavy atom. The lowest BCUT2D eigenvalue weighted by Gasteiger charge is -2.28. The first kappa shape index (κ1) is 17.9. The van der Waals surface area contributed by atoms with Crippen molar-refractivity contribution in [2.45, 2.75) is 19.1 Å². The molecule has 1 fully saturated rings. The minimum atomic E-state index is -0.0350. The van der Waals surface area contributed by atoms with Gasteiger partial charge in [0.2, 0.25) is 0 Å². The Labute approximate surface area is 157 Å². The minimum absolute atomic E-state index is 0.00876. The maximum atomic E-state index is 12.3. The van der Waals surface area contributed by atoms with Crippen LogP contribution in [0.3, 0.4) is 0 Å². The molecule has 144 valence electrons. The van der Waals surface area contributed by atoms with E-state index in [1.165, 1.54) is 0 Å². The molecule has 0 saturated carbocycles. The molecule has 2 aliphatic rings. The third kappa shape index (κ3) is 3.52. The average molecular weight is 372 g/mol. The molecule has 0 bridgehead atoms. The standard InChI is InChI=1S/C20H24N2O5/c1-24-18-7-13-3-4-22-17(16(13)10-19(18)25-2)8-14(23)9-20(22)21-11-15-12-26-5-6-27-15/h7-10,15,21H,3-6,11-12H2,1-2H3. The molecule has 3 heterocycles. The predicted molar refractivity (Wildman–Crippen MR) is 102 cm³/mol. The monoisotopic (exact) mass is 372 g/mol. The second-order valence-electron chi connectivity index (χ2n) is 6.68. The highest BCUT2D eigenvalue weighted by Gasteiger charge is 2.22. The van der Waals surface area contributed by atoms with E-state index in [1.54, 1.807) is 26.4 Å². The molecule has 7 heteroatoms. The molecule has 1 aromatic heterocycles. The first-order valence-electron chi connectivity index (χ1n) is 9.13. The summed E-state index contributed by atoms with van der Waals surface area (Å²) in [4.78, 5) is 12.3. The van der Waals surface area contributed by atoms with E-state index >= 15 is 0 Å². The molecule has 1 atom stereocenters. The second-order valence-corrected chi connectivity index (χ2v) is 6.68. The van der Waals surface area contributed by atoms with Gasteiger partial charge in [0.05, 0.1) is 45.8 Å². The topological polar surface area (TPSA) is 71.0 Å². The minimum Gasteiger partial charge on any atom is -0.493 e. The molecule has 2 aliphatic heterocycles. The Morgan fingerprint density at radius 3 is 2.70 bits per heavy atom. The van der Waals surface area contributed by atoms with Gasteiger partial charge in [0, 0.05) is 30.8 Å². The lowest BCUT2D eigenvalue weighted by Crippen LogP contribution is -2.35. The van der Waals surface area contributed by atoms with E-state index in [0.29, 0.717) is 37.9 Å². The molecule has 0 amide bonds. The summed E-state index contributed by atoms with van der Waals surface area (Å²) in [6.07, 6.45) is 0.842. The number of hydrogen-bond acceptors (Lipinski definition) is 6.